The minimum atomic E-state index is -0.948. The van der Waals surface area contributed by atoms with Crippen LogP contribution in [0.5, 0.6) is 11.5 Å². The number of rotatable bonds is 7. The lowest BCUT2D eigenvalue weighted by Gasteiger charge is -2.15. The number of benzene rings is 2. The summed E-state index contributed by atoms with van der Waals surface area (Å²) in [5.41, 5.74) is 1.65. The van der Waals surface area contributed by atoms with E-state index in [1.165, 1.54) is 18.3 Å². The number of halogens is 1. The molecule has 0 heterocycles. The number of aliphatic hydroxyl groups excluding tert-OH is 1. The Labute approximate surface area is 181 Å². The summed E-state index contributed by atoms with van der Waals surface area (Å²) in [5.74, 6) is -1.65. The number of nitrogens with zero attached hydrogens (tertiary/aromatic N) is 1. The molecule has 1 unspecified atom stereocenters. The summed E-state index contributed by atoms with van der Waals surface area (Å²) in [6.07, 6.45) is 0.402. The van der Waals surface area contributed by atoms with E-state index in [1.54, 1.807) is 38.1 Å². The van der Waals surface area contributed by atoms with Crippen molar-refractivity contribution in [2.45, 2.75) is 40.8 Å². The molecule has 0 aromatic heterocycles. The van der Waals surface area contributed by atoms with E-state index in [2.05, 4.69) is 4.99 Å². The van der Waals surface area contributed by atoms with Gasteiger partial charge in [0.2, 0.25) is 0 Å². The summed E-state index contributed by atoms with van der Waals surface area (Å²) in [6.45, 7) is 8.91. The van der Waals surface area contributed by atoms with E-state index in [0.29, 0.717) is 11.1 Å². The van der Waals surface area contributed by atoms with Gasteiger partial charge in [-0.25, -0.2) is 4.79 Å². The molecular formula is C23H26ClNO5. The largest absolute Gasteiger partial charge is 0.422 e. The van der Waals surface area contributed by atoms with Gasteiger partial charge in [-0.1, -0.05) is 57.0 Å². The van der Waals surface area contributed by atoms with E-state index in [0.717, 1.165) is 5.56 Å². The summed E-state index contributed by atoms with van der Waals surface area (Å²) in [5, 5.41) is 10.2. The Kier molecular flexibility index (Phi) is 8.15. The first-order valence-corrected chi connectivity index (χ1v) is 10.0. The van der Waals surface area contributed by atoms with Crippen molar-refractivity contribution in [2.24, 2.45) is 16.8 Å². The first kappa shape index (κ1) is 23.6. The van der Waals surface area contributed by atoms with Crippen LogP contribution in [0.2, 0.25) is 5.02 Å². The lowest BCUT2D eigenvalue weighted by Crippen LogP contribution is -2.18. The van der Waals surface area contributed by atoms with Gasteiger partial charge in [-0.15, -0.1) is 0 Å². The van der Waals surface area contributed by atoms with E-state index >= 15 is 0 Å². The highest BCUT2D eigenvalue weighted by Crippen LogP contribution is 2.35. The molecule has 0 radical (unpaired) electrons. The molecule has 7 heteroatoms. The summed E-state index contributed by atoms with van der Waals surface area (Å²) < 4.78 is 11.0. The third kappa shape index (κ3) is 6.40. The first-order valence-electron chi connectivity index (χ1n) is 9.63. The fraction of sp³-hybridized carbons (Fsp3) is 0.348. The molecule has 0 fully saturated rings. The topological polar surface area (TPSA) is 85.2 Å². The molecule has 6 nitrogen and oxygen atoms in total. The van der Waals surface area contributed by atoms with Crippen molar-refractivity contribution in [2.75, 3.05) is 0 Å². The van der Waals surface area contributed by atoms with Crippen LogP contribution in [0.3, 0.4) is 0 Å². The molecular weight excluding hydrogens is 406 g/mol. The Balaban J connectivity index is 2.47. The molecule has 0 saturated heterocycles. The van der Waals surface area contributed by atoms with Gasteiger partial charge in [0.1, 0.15) is 6.23 Å². The number of esters is 2. The molecule has 2 rings (SSSR count). The van der Waals surface area contributed by atoms with Gasteiger partial charge >= 0.3 is 11.9 Å². The third-order valence-corrected chi connectivity index (χ3v) is 4.39. The maximum Gasteiger partial charge on any atom is 0.343 e. The van der Waals surface area contributed by atoms with Crippen LogP contribution in [0.25, 0.3) is 0 Å². The first-order chi connectivity index (χ1) is 14.1. The second-order valence-corrected chi connectivity index (χ2v) is 8.03. The van der Waals surface area contributed by atoms with Gasteiger partial charge in [-0.05, 0) is 31.0 Å². The maximum absolute atomic E-state index is 12.6. The molecule has 160 valence electrons. The molecule has 2 aromatic carbocycles. The van der Waals surface area contributed by atoms with E-state index in [-0.39, 0.29) is 22.4 Å². The Morgan fingerprint density at radius 3 is 2.27 bits per heavy atom. The fourth-order valence-corrected chi connectivity index (χ4v) is 2.48. The van der Waals surface area contributed by atoms with Crippen LogP contribution in [0.15, 0.2) is 41.4 Å². The van der Waals surface area contributed by atoms with Crippen molar-refractivity contribution in [1.29, 1.82) is 0 Å². The van der Waals surface area contributed by atoms with Gasteiger partial charge in [0.25, 0.3) is 0 Å². The van der Waals surface area contributed by atoms with Gasteiger partial charge in [-0.2, -0.15) is 0 Å². The van der Waals surface area contributed by atoms with Crippen molar-refractivity contribution < 1.29 is 24.2 Å². The van der Waals surface area contributed by atoms with Crippen LogP contribution in [0.1, 0.15) is 49.2 Å². The van der Waals surface area contributed by atoms with Crippen LogP contribution < -0.4 is 9.47 Å². The van der Waals surface area contributed by atoms with Crippen LogP contribution in [0, 0.1) is 18.8 Å². The summed E-state index contributed by atoms with van der Waals surface area (Å²) >= 11 is 6.19. The van der Waals surface area contributed by atoms with Crippen molar-refractivity contribution >= 4 is 29.8 Å². The van der Waals surface area contributed by atoms with Crippen molar-refractivity contribution in [1.82, 2.24) is 0 Å². The zero-order valence-corrected chi connectivity index (χ0v) is 18.4. The molecule has 0 amide bonds. The number of hydrogen-bond donors (Lipinski definition) is 1. The zero-order valence-electron chi connectivity index (χ0n) is 17.7. The smallest absolute Gasteiger partial charge is 0.343 e. The van der Waals surface area contributed by atoms with Crippen LogP contribution >= 0.6 is 11.6 Å². The molecule has 2 aromatic rings. The number of hydrogen-bond acceptors (Lipinski definition) is 6. The molecule has 1 atom stereocenters. The minimum Gasteiger partial charge on any atom is -0.422 e. The normalized spacial score (nSPS) is 12.4. The van der Waals surface area contributed by atoms with Crippen LogP contribution in [-0.4, -0.2) is 29.5 Å². The Bertz CT molecular complexity index is 935. The second kappa shape index (κ2) is 10.4. The quantitative estimate of drug-likeness (QED) is 0.386. The maximum atomic E-state index is 12.6. The van der Waals surface area contributed by atoms with Gasteiger partial charge in [-0.3, -0.25) is 9.79 Å². The number of aryl methyl sites for hydroxylation is 1. The van der Waals surface area contributed by atoms with Gasteiger partial charge in [0.15, 0.2) is 11.5 Å². The number of aliphatic hydroxyl groups is 1. The monoisotopic (exact) mass is 431 g/mol. The highest BCUT2D eigenvalue weighted by atomic mass is 35.5. The molecule has 1 N–H and O–H groups in total. The minimum absolute atomic E-state index is 0.0115. The van der Waals surface area contributed by atoms with Crippen molar-refractivity contribution in [3.63, 3.8) is 0 Å². The fourth-order valence-electron chi connectivity index (χ4n) is 2.27. The zero-order chi connectivity index (χ0) is 22.4. The summed E-state index contributed by atoms with van der Waals surface area (Å²) in [4.78, 5) is 28.9. The van der Waals surface area contributed by atoms with Crippen LogP contribution in [0.4, 0.5) is 0 Å². The van der Waals surface area contributed by atoms with E-state index in [9.17, 15) is 14.7 Å². The molecule has 0 spiro atoms. The van der Waals surface area contributed by atoms with Crippen molar-refractivity contribution in [3.8, 4) is 11.5 Å². The molecule has 0 aliphatic heterocycles. The predicted octanol–water partition coefficient (Wildman–Crippen LogP) is 4.82. The summed E-state index contributed by atoms with van der Waals surface area (Å²) in [6, 6.07) is 9.78. The highest BCUT2D eigenvalue weighted by molar-refractivity contribution is 6.31. The Morgan fingerprint density at radius 2 is 1.70 bits per heavy atom. The van der Waals surface area contributed by atoms with Crippen LogP contribution in [-0.2, 0) is 4.79 Å². The van der Waals surface area contributed by atoms with Gasteiger partial charge in [0, 0.05) is 22.9 Å². The second-order valence-electron chi connectivity index (χ2n) is 7.59. The number of aliphatic imine (C=N–C) groups is 1. The standard InChI is InChI=1S/C23H26ClNO5/c1-13(2)21(26)25-12-17-10-18(24)11-19(20(17)30-22(27)14(3)4)29-23(28)16-8-6-15(5)7-9-16/h6-14,21,26H,1-5H3. The Hall–Kier alpha value is -2.70. The van der Waals surface area contributed by atoms with Crippen molar-refractivity contribution in [3.05, 3.63) is 58.1 Å². The molecule has 0 aliphatic carbocycles. The predicted molar refractivity (Wildman–Crippen MR) is 117 cm³/mol. The Morgan fingerprint density at radius 1 is 1.07 bits per heavy atom. The molecule has 0 saturated carbocycles. The van der Waals surface area contributed by atoms with Gasteiger partial charge in [0.05, 0.1) is 11.5 Å². The lowest BCUT2D eigenvalue weighted by atomic mass is 10.1. The third-order valence-electron chi connectivity index (χ3n) is 4.17. The molecule has 0 bridgehead atoms. The average molecular weight is 432 g/mol. The lowest BCUT2D eigenvalue weighted by molar-refractivity contribution is -0.137. The SMILES string of the molecule is Cc1ccc(C(=O)Oc2cc(Cl)cc(C=NC(O)C(C)C)c2OC(=O)C(C)C)cc1. The summed E-state index contributed by atoms with van der Waals surface area (Å²) in [7, 11) is 0. The number of carbonyl (C=O) groups excluding carboxylic acids is 2. The molecule has 0 aliphatic rings. The van der Waals surface area contributed by atoms with E-state index in [1.807, 2.05) is 20.8 Å². The number of carbonyl (C=O) groups is 2. The number of ether oxygens (including phenoxy) is 2. The van der Waals surface area contributed by atoms with E-state index in [4.69, 9.17) is 21.1 Å². The van der Waals surface area contributed by atoms with Gasteiger partial charge < -0.3 is 14.6 Å². The molecule has 30 heavy (non-hydrogen) atoms. The average Bonchev–Trinajstić information content (AvgIpc) is 2.68. The highest BCUT2D eigenvalue weighted by Gasteiger charge is 2.21. The van der Waals surface area contributed by atoms with E-state index < -0.39 is 24.1 Å².